The van der Waals surface area contributed by atoms with E-state index in [4.69, 9.17) is 4.74 Å². The summed E-state index contributed by atoms with van der Waals surface area (Å²) in [7, 11) is 1.68. The number of hydrogen-bond acceptors (Lipinski definition) is 5. The zero-order chi connectivity index (χ0) is 14.9. The van der Waals surface area contributed by atoms with Gasteiger partial charge >= 0.3 is 0 Å². The number of carbonyl (C=O) groups is 1. The third kappa shape index (κ3) is 4.97. The Balaban J connectivity index is 1.86. The Labute approximate surface area is 125 Å². The van der Waals surface area contributed by atoms with Crippen LogP contribution in [0.25, 0.3) is 0 Å². The summed E-state index contributed by atoms with van der Waals surface area (Å²) in [6.45, 7) is 3.16. The monoisotopic (exact) mass is 292 g/mol. The maximum atomic E-state index is 12.3. The molecule has 1 aromatic heterocycles. The van der Waals surface area contributed by atoms with Gasteiger partial charge in [0.15, 0.2) is 5.69 Å². The molecule has 0 aliphatic carbocycles. The molecule has 1 aliphatic heterocycles. The van der Waals surface area contributed by atoms with Crippen molar-refractivity contribution in [3.8, 4) is 0 Å². The zero-order valence-electron chi connectivity index (χ0n) is 12.7. The Kier molecular flexibility index (Phi) is 6.40. The van der Waals surface area contributed by atoms with Gasteiger partial charge in [0.05, 0.1) is 0 Å². The van der Waals surface area contributed by atoms with E-state index in [2.05, 4.69) is 15.5 Å². The maximum absolute atomic E-state index is 12.3. The average molecular weight is 292 g/mol. The van der Waals surface area contributed by atoms with Crippen molar-refractivity contribution in [2.45, 2.75) is 32.1 Å². The third-order valence-corrected chi connectivity index (χ3v) is 3.61. The molecule has 1 amide bonds. The van der Waals surface area contributed by atoms with Crippen molar-refractivity contribution >= 4 is 11.7 Å². The molecule has 6 heteroatoms. The number of amides is 1. The van der Waals surface area contributed by atoms with Crippen LogP contribution in [-0.4, -0.2) is 54.4 Å². The first-order chi connectivity index (χ1) is 10.3. The van der Waals surface area contributed by atoms with Crippen LogP contribution in [-0.2, 0) is 4.74 Å². The van der Waals surface area contributed by atoms with Crippen molar-refractivity contribution in [2.24, 2.45) is 0 Å². The summed E-state index contributed by atoms with van der Waals surface area (Å²) >= 11 is 0. The smallest absolute Gasteiger partial charge is 0.274 e. The predicted octanol–water partition coefficient (Wildman–Crippen LogP) is 1.94. The summed E-state index contributed by atoms with van der Waals surface area (Å²) in [5.74, 6) is 0.689. The molecule has 2 rings (SSSR count). The maximum Gasteiger partial charge on any atom is 0.274 e. The number of anilines is 1. The number of nitrogens with one attached hydrogen (secondary N) is 1. The van der Waals surface area contributed by atoms with Crippen molar-refractivity contribution in [1.82, 2.24) is 15.1 Å². The highest BCUT2D eigenvalue weighted by atomic mass is 16.5. The molecule has 1 fully saturated rings. The summed E-state index contributed by atoms with van der Waals surface area (Å²) < 4.78 is 4.98. The molecular weight excluding hydrogens is 268 g/mol. The summed E-state index contributed by atoms with van der Waals surface area (Å²) in [5.41, 5.74) is 0.430. The highest BCUT2D eigenvalue weighted by Crippen LogP contribution is 2.12. The van der Waals surface area contributed by atoms with Crippen LogP contribution in [0.2, 0.25) is 0 Å². The largest absolute Gasteiger partial charge is 0.385 e. The lowest BCUT2D eigenvalue weighted by Gasteiger charge is -2.19. The normalized spacial score (nSPS) is 15.6. The fraction of sp³-hybridized carbons (Fsp3) is 0.667. The minimum Gasteiger partial charge on any atom is -0.385 e. The van der Waals surface area contributed by atoms with Crippen molar-refractivity contribution < 1.29 is 9.53 Å². The van der Waals surface area contributed by atoms with E-state index in [1.165, 1.54) is 12.8 Å². The van der Waals surface area contributed by atoms with E-state index < -0.39 is 0 Å². The number of nitrogens with zero attached hydrogens (tertiary/aromatic N) is 3. The van der Waals surface area contributed by atoms with E-state index >= 15 is 0 Å². The highest BCUT2D eigenvalue weighted by Gasteiger charge is 2.18. The summed E-state index contributed by atoms with van der Waals surface area (Å²) in [6.07, 6.45) is 5.49. The van der Waals surface area contributed by atoms with E-state index in [1.807, 2.05) is 11.0 Å². The van der Waals surface area contributed by atoms with E-state index in [1.54, 1.807) is 13.2 Å². The van der Waals surface area contributed by atoms with Gasteiger partial charge in [-0.05, 0) is 31.4 Å². The van der Waals surface area contributed by atoms with Crippen LogP contribution >= 0.6 is 0 Å². The molecular formula is C15H24N4O2. The lowest BCUT2D eigenvalue weighted by atomic mass is 10.2. The van der Waals surface area contributed by atoms with Gasteiger partial charge in [0.1, 0.15) is 5.82 Å². The van der Waals surface area contributed by atoms with E-state index in [-0.39, 0.29) is 5.91 Å². The van der Waals surface area contributed by atoms with Gasteiger partial charge in [0.25, 0.3) is 5.91 Å². The first-order valence-electron chi connectivity index (χ1n) is 7.67. The molecule has 6 nitrogen and oxygen atoms in total. The minimum atomic E-state index is -0.00432. The number of aromatic nitrogens is 2. The summed E-state index contributed by atoms with van der Waals surface area (Å²) in [4.78, 5) is 14.2. The number of hydrogen-bond donors (Lipinski definition) is 1. The molecule has 1 aliphatic rings. The van der Waals surface area contributed by atoms with Crippen molar-refractivity contribution in [3.05, 3.63) is 17.8 Å². The quantitative estimate of drug-likeness (QED) is 0.812. The SMILES string of the molecule is COCCCNc1ccc(C(=O)N2CCCCCC2)nn1. The van der Waals surface area contributed by atoms with Gasteiger partial charge in [-0.15, -0.1) is 10.2 Å². The van der Waals surface area contributed by atoms with E-state index in [0.29, 0.717) is 18.1 Å². The first-order valence-corrected chi connectivity index (χ1v) is 7.67. The van der Waals surface area contributed by atoms with Gasteiger partial charge in [0.2, 0.25) is 0 Å². The van der Waals surface area contributed by atoms with Crippen molar-refractivity contribution in [2.75, 3.05) is 38.7 Å². The van der Waals surface area contributed by atoms with Gasteiger partial charge < -0.3 is 15.0 Å². The molecule has 0 aromatic carbocycles. The number of ether oxygens (including phenoxy) is 1. The van der Waals surface area contributed by atoms with Crippen LogP contribution in [0.3, 0.4) is 0 Å². The molecule has 1 aromatic rings. The van der Waals surface area contributed by atoms with Crippen LogP contribution in [0.5, 0.6) is 0 Å². The highest BCUT2D eigenvalue weighted by molar-refractivity contribution is 5.92. The Morgan fingerprint density at radius 2 is 2.00 bits per heavy atom. The Morgan fingerprint density at radius 3 is 2.62 bits per heavy atom. The molecule has 2 heterocycles. The molecule has 0 bridgehead atoms. The van der Waals surface area contributed by atoms with Crippen molar-refractivity contribution in [1.29, 1.82) is 0 Å². The first kappa shape index (κ1) is 15.7. The average Bonchev–Trinajstić information content (AvgIpc) is 2.81. The topological polar surface area (TPSA) is 67.3 Å². The fourth-order valence-electron chi connectivity index (χ4n) is 2.41. The number of likely N-dealkylation sites (tertiary alicyclic amines) is 1. The molecule has 1 N–H and O–H groups in total. The number of methoxy groups -OCH3 is 1. The van der Waals surface area contributed by atoms with Gasteiger partial charge in [-0.25, -0.2) is 0 Å². The zero-order valence-corrected chi connectivity index (χ0v) is 12.7. The molecule has 0 radical (unpaired) electrons. The van der Waals surface area contributed by atoms with Gasteiger partial charge in [0, 0.05) is 33.4 Å². The van der Waals surface area contributed by atoms with E-state index in [0.717, 1.165) is 38.9 Å². The molecule has 1 saturated heterocycles. The molecule has 0 saturated carbocycles. The summed E-state index contributed by atoms with van der Waals surface area (Å²) in [6, 6.07) is 3.56. The minimum absolute atomic E-state index is 0.00432. The lowest BCUT2D eigenvalue weighted by Crippen LogP contribution is -2.32. The van der Waals surface area contributed by atoms with Crippen LogP contribution in [0.15, 0.2) is 12.1 Å². The second kappa shape index (κ2) is 8.56. The number of rotatable bonds is 6. The number of carbonyl (C=O) groups excluding carboxylic acids is 1. The van der Waals surface area contributed by atoms with E-state index in [9.17, 15) is 4.79 Å². The Bertz CT molecular complexity index is 428. The van der Waals surface area contributed by atoms with Gasteiger partial charge in [-0.1, -0.05) is 12.8 Å². The van der Waals surface area contributed by atoms with Crippen LogP contribution in [0.4, 0.5) is 5.82 Å². The van der Waals surface area contributed by atoms with Crippen LogP contribution < -0.4 is 5.32 Å². The third-order valence-electron chi connectivity index (χ3n) is 3.61. The van der Waals surface area contributed by atoms with Crippen LogP contribution in [0.1, 0.15) is 42.6 Å². The summed E-state index contributed by atoms with van der Waals surface area (Å²) in [5, 5.41) is 11.3. The second-order valence-corrected chi connectivity index (χ2v) is 5.28. The second-order valence-electron chi connectivity index (χ2n) is 5.28. The molecule has 0 spiro atoms. The van der Waals surface area contributed by atoms with Gasteiger partial charge in [-0.2, -0.15) is 0 Å². The predicted molar refractivity (Wildman–Crippen MR) is 81.4 cm³/mol. The Morgan fingerprint density at radius 1 is 1.24 bits per heavy atom. The molecule has 0 unspecified atom stereocenters. The lowest BCUT2D eigenvalue weighted by molar-refractivity contribution is 0.0754. The molecule has 21 heavy (non-hydrogen) atoms. The van der Waals surface area contributed by atoms with Crippen molar-refractivity contribution in [3.63, 3.8) is 0 Å². The Hall–Kier alpha value is -1.69. The fourth-order valence-corrected chi connectivity index (χ4v) is 2.41. The van der Waals surface area contributed by atoms with Gasteiger partial charge in [-0.3, -0.25) is 4.79 Å². The molecule has 116 valence electrons. The standard InChI is InChI=1S/C15H24N4O2/c1-21-12-6-9-16-14-8-7-13(17-18-14)15(20)19-10-4-2-3-5-11-19/h7-8H,2-6,9-12H2,1H3,(H,16,18). The molecule has 0 atom stereocenters. The van der Waals surface area contributed by atoms with Crippen LogP contribution in [0, 0.1) is 0 Å².